The van der Waals surface area contributed by atoms with Crippen LogP contribution >= 0.6 is 11.6 Å². The van der Waals surface area contributed by atoms with Crippen LogP contribution in [-0.2, 0) is 23.0 Å². The van der Waals surface area contributed by atoms with Gasteiger partial charge in [-0.05, 0) is 47.9 Å². The Morgan fingerprint density at radius 3 is 2.71 bits per heavy atom. The molecule has 2 aliphatic heterocycles. The van der Waals surface area contributed by atoms with Gasteiger partial charge in [0.15, 0.2) is 11.5 Å². The molecule has 4 rings (SSSR count). The van der Waals surface area contributed by atoms with Gasteiger partial charge in [0, 0.05) is 39.3 Å². The number of nitrogens with zero attached hydrogens (tertiary/aromatic N) is 2. The molecule has 0 atom stereocenters. The molecule has 2 aromatic carbocycles. The fourth-order valence-electron chi connectivity index (χ4n) is 3.58. The Bertz CT molecular complexity index is 1010. The predicted molar refractivity (Wildman–Crippen MR) is 109 cm³/mol. The van der Waals surface area contributed by atoms with Crippen molar-refractivity contribution in [1.82, 2.24) is 4.31 Å². The highest BCUT2D eigenvalue weighted by Crippen LogP contribution is 2.39. The Balaban J connectivity index is 1.59. The minimum absolute atomic E-state index is 0.330. The van der Waals surface area contributed by atoms with E-state index >= 15 is 0 Å². The van der Waals surface area contributed by atoms with Crippen molar-refractivity contribution in [2.45, 2.75) is 24.3 Å². The van der Waals surface area contributed by atoms with Crippen molar-refractivity contribution in [3.63, 3.8) is 0 Å². The van der Waals surface area contributed by atoms with E-state index in [0.29, 0.717) is 41.2 Å². The largest absolute Gasteiger partial charge is 0.489 e. The van der Waals surface area contributed by atoms with Gasteiger partial charge in [0.1, 0.15) is 0 Å². The maximum atomic E-state index is 12.4. The number of anilines is 1. The number of hydrogen-bond acceptors (Lipinski definition) is 5. The maximum Gasteiger partial charge on any atom is 0.242 e. The summed E-state index contributed by atoms with van der Waals surface area (Å²) >= 11 is 6.41. The quantitative estimate of drug-likeness (QED) is 0.756. The molecule has 0 saturated heterocycles. The van der Waals surface area contributed by atoms with Crippen molar-refractivity contribution in [3.8, 4) is 11.5 Å². The zero-order valence-electron chi connectivity index (χ0n) is 15.9. The first kappa shape index (κ1) is 19.4. The zero-order chi connectivity index (χ0) is 19.9. The van der Waals surface area contributed by atoms with Crippen LogP contribution < -0.4 is 14.4 Å². The normalized spacial score (nSPS) is 16.2. The standard InChI is InChI=1S/C20H23ClN2O4S/c1-22(2)28(24,25)16-4-5-18-15(12-16)6-7-23(18)13-14-10-17(21)20-19(11-14)26-8-3-9-27-20/h4-5,10-12H,3,6-9,13H2,1-2H3. The Morgan fingerprint density at radius 2 is 1.93 bits per heavy atom. The summed E-state index contributed by atoms with van der Waals surface area (Å²) in [4.78, 5) is 2.56. The van der Waals surface area contributed by atoms with Gasteiger partial charge in [0.2, 0.25) is 10.0 Å². The van der Waals surface area contributed by atoms with Crippen molar-refractivity contribution in [3.05, 3.63) is 46.5 Å². The number of hydrogen-bond donors (Lipinski definition) is 0. The molecule has 0 bridgehead atoms. The van der Waals surface area contributed by atoms with E-state index in [2.05, 4.69) is 4.90 Å². The molecule has 0 amide bonds. The third kappa shape index (κ3) is 3.54. The molecular formula is C20H23ClN2O4S. The lowest BCUT2D eigenvalue weighted by atomic mass is 10.1. The second-order valence-corrected chi connectivity index (χ2v) is 9.76. The second-order valence-electron chi connectivity index (χ2n) is 7.20. The fourth-order valence-corrected chi connectivity index (χ4v) is 4.82. The Morgan fingerprint density at radius 1 is 1.14 bits per heavy atom. The van der Waals surface area contributed by atoms with Crippen molar-refractivity contribution >= 4 is 27.3 Å². The summed E-state index contributed by atoms with van der Waals surface area (Å²) in [5.41, 5.74) is 3.14. The van der Waals surface area contributed by atoms with Crippen LogP contribution in [0.15, 0.2) is 35.2 Å². The average molecular weight is 423 g/mol. The van der Waals surface area contributed by atoms with Gasteiger partial charge >= 0.3 is 0 Å². The van der Waals surface area contributed by atoms with Gasteiger partial charge in [0.05, 0.1) is 23.1 Å². The molecule has 0 radical (unpaired) electrons. The maximum absolute atomic E-state index is 12.4. The second kappa shape index (κ2) is 7.46. The molecular weight excluding hydrogens is 400 g/mol. The Labute approximate surface area is 170 Å². The third-order valence-corrected chi connectivity index (χ3v) is 7.15. The van der Waals surface area contributed by atoms with Crippen LogP contribution in [0.5, 0.6) is 11.5 Å². The molecule has 0 spiro atoms. The van der Waals surface area contributed by atoms with Crippen LogP contribution in [0.1, 0.15) is 17.5 Å². The number of fused-ring (bicyclic) bond motifs is 2. The molecule has 0 saturated carbocycles. The highest BCUT2D eigenvalue weighted by molar-refractivity contribution is 7.89. The van der Waals surface area contributed by atoms with Crippen LogP contribution in [0, 0.1) is 0 Å². The van der Waals surface area contributed by atoms with Crippen LogP contribution in [0.4, 0.5) is 5.69 Å². The number of rotatable bonds is 4. The third-order valence-electron chi connectivity index (χ3n) is 5.06. The van der Waals surface area contributed by atoms with Crippen molar-refractivity contribution in [2.75, 3.05) is 38.8 Å². The van der Waals surface area contributed by atoms with Gasteiger partial charge in [-0.3, -0.25) is 0 Å². The zero-order valence-corrected chi connectivity index (χ0v) is 17.5. The summed E-state index contributed by atoms with van der Waals surface area (Å²) < 4.78 is 37.5. The fraction of sp³-hybridized carbons (Fsp3) is 0.400. The first-order valence-electron chi connectivity index (χ1n) is 9.24. The van der Waals surface area contributed by atoms with Crippen molar-refractivity contribution in [1.29, 1.82) is 0 Å². The topological polar surface area (TPSA) is 59.1 Å². The summed E-state index contributed by atoms with van der Waals surface area (Å²) in [6.07, 6.45) is 1.64. The Kier molecular flexibility index (Phi) is 5.16. The van der Waals surface area contributed by atoms with E-state index in [9.17, 15) is 8.42 Å². The number of ether oxygens (including phenoxy) is 2. The molecule has 2 heterocycles. The van der Waals surface area contributed by atoms with Crippen LogP contribution in [-0.4, -0.2) is 46.6 Å². The lowest BCUT2D eigenvalue weighted by Gasteiger charge is -2.21. The minimum Gasteiger partial charge on any atom is -0.489 e. The van der Waals surface area contributed by atoms with Gasteiger partial charge in [0.25, 0.3) is 0 Å². The van der Waals surface area contributed by atoms with Crippen molar-refractivity contribution in [2.24, 2.45) is 0 Å². The Hall–Kier alpha value is -1.96. The molecule has 0 fully saturated rings. The smallest absolute Gasteiger partial charge is 0.242 e. The summed E-state index contributed by atoms with van der Waals surface area (Å²) in [6.45, 7) is 2.71. The van der Waals surface area contributed by atoms with E-state index in [4.69, 9.17) is 21.1 Å². The SMILES string of the molecule is CN(C)S(=O)(=O)c1ccc2c(c1)CCN2Cc1cc(Cl)c2c(c1)OCCCO2. The summed E-state index contributed by atoms with van der Waals surface area (Å²) in [5.74, 6) is 1.30. The average Bonchev–Trinajstić information content (AvgIpc) is 2.89. The van der Waals surface area contributed by atoms with Gasteiger partial charge in [-0.1, -0.05) is 11.6 Å². The monoisotopic (exact) mass is 422 g/mol. The summed E-state index contributed by atoms with van der Waals surface area (Å²) in [6, 6.07) is 9.25. The summed E-state index contributed by atoms with van der Waals surface area (Å²) in [7, 11) is -0.339. The molecule has 6 nitrogen and oxygen atoms in total. The summed E-state index contributed by atoms with van der Waals surface area (Å²) in [5, 5.41) is 0.557. The van der Waals surface area contributed by atoms with E-state index in [1.54, 1.807) is 26.2 Å². The van der Waals surface area contributed by atoms with Crippen LogP contribution in [0.25, 0.3) is 0 Å². The number of benzene rings is 2. The van der Waals surface area contributed by atoms with E-state index in [0.717, 1.165) is 36.2 Å². The van der Waals surface area contributed by atoms with Crippen LogP contribution in [0.2, 0.25) is 5.02 Å². The van der Waals surface area contributed by atoms with Crippen molar-refractivity contribution < 1.29 is 17.9 Å². The molecule has 150 valence electrons. The molecule has 28 heavy (non-hydrogen) atoms. The number of sulfonamides is 1. The lowest BCUT2D eigenvalue weighted by molar-refractivity contribution is 0.297. The molecule has 0 unspecified atom stereocenters. The van der Waals surface area contributed by atoms with E-state index in [1.165, 1.54) is 4.31 Å². The molecule has 2 aliphatic rings. The predicted octanol–water partition coefficient (Wildman–Crippen LogP) is 3.31. The molecule has 0 N–H and O–H groups in total. The lowest BCUT2D eigenvalue weighted by Crippen LogP contribution is -2.22. The van der Waals surface area contributed by atoms with E-state index in [-0.39, 0.29) is 0 Å². The highest BCUT2D eigenvalue weighted by atomic mass is 35.5. The minimum atomic E-state index is -3.43. The number of halogens is 1. The van der Waals surface area contributed by atoms with Gasteiger partial charge < -0.3 is 14.4 Å². The molecule has 0 aliphatic carbocycles. The van der Waals surface area contributed by atoms with Crippen LogP contribution in [0.3, 0.4) is 0 Å². The van der Waals surface area contributed by atoms with Gasteiger partial charge in [-0.25, -0.2) is 12.7 Å². The molecule has 8 heteroatoms. The van der Waals surface area contributed by atoms with Gasteiger partial charge in [-0.15, -0.1) is 0 Å². The van der Waals surface area contributed by atoms with Gasteiger partial charge in [-0.2, -0.15) is 0 Å². The van der Waals surface area contributed by atoms with E-state index in [1.807, 2.05) is 18.2 Å². The first-order valence-corrected chi connectivity index (χ1v) is 11.1. The van der Waals surface area contributed by atoms with E-state index < -0.39 is 10.0 Å². The highest BCUT2D eigenvalue weighted by Gasteiger charge is 2.25. The first-order chi connectivity index (χ1) is 13.4. The molecule has 2 aromatic rings. The molecule has 0 aromatic heterocycles.